The maximum Gasteiger partial charge on any atom is 0.0541 e. The highest BCUT2D eigenvalue weighted by Crippen LogP contribution is 2.40. The summed E-state index contributed by atoms with van der Waals surface area (Å²) >= 11 is 1.87. The van der Waals surface area contributed by atoms with Crippen LogP contribution in [0, 0.1) is 11.8 Å². The van der Waals surface area contributed by atoms with Gasteiger partial charge in [0.15, 0.2) is 0 Å². The average Bonchev–Trinajstić information content (AvgIpc) is 3.75. The molecule has 2 aliphatic carbocycles. The number of hydrogen-bond acceptors (Lipinski definition) is 1. The van der Waals surface area contributed by atoms with Crippen molar-refractivity contribution in [1.82, 2.24) is 4.57 Å². The van der Waals surface area contributed by atoms with Gasteiger partial charge in [-0.1, -0.05) is 127 Å². The minimum absolute atomic E-state index is 0.402. The molecule has 0 saturated heterocycles. The minimum atomic E-state index is 0.402. The van der Waals surface area contributed by atoms with Crippen molar-refractivity contribution in [3.8, 4) is 27.9 Å². The molecule has 2 unspecified atom stereocenters. The number of aromatic nitrogens is 1. The number of allylic oxidation sites excluding steroid dienone is 8. The Labute approximate surface area is 306 Å². The summed E-state index contributed by atoms with van der Waals surface area (Å²) in [5, 5.41) is 7.72. The van der Waals surface area contributed by atoms with Crippen LogP contribution in [0.1, 0.15) is 5.56 Å². The fourth-order valence-electron chi connectivity index (χ4n) is 8.41. The molecule has 0 aliphatic heterocycles. The lowest BCUT2D eigenvalue weighted by atomic mass is 9.81. The van der Waals surface area contributed by atoms with E-state index in [1.165, 1.54) is 86.1 Å². The molecule has 1 nitrogen and oxygen atoms in total. The highest BCUT2D eigenvalue weighted by molar-refractivity contribution is 7.25. The van der Waals surface area contributed by atoms with Crippen LogP contribution >= 0.6 is 11.3 Å². The second-order valence-corrected chi connectivity index (χ2v) is 15.2. The molecular weight excluding hydrogens is 647 g/mol. The van der Waals surface area contributed by atoms with Crippen LogP contribution in [0.2, 0.25) is 0 Å². The predicted octanol–water partition coefficient (Wildman–Crippen LogP) is 14.0. The van der Waals surface area contributed by atoms with Crippen molar-refractivity contribution in [2.75, 3.05) is 0 Å². The zero-order valence-corrected chi connectivity index (χ0v) is 29.2. The van der Waals surface area contributed by atoms with Crippen molar-refractivity contribution < 1.29 is 0 Å². The van der Waals surface area contributed by atoms with Gasteiger partial charge in [-0.05, 0) is 105 Å². The van der Waals surface area contributed by atoms with Gasteiger partial charge in [0.2, 0.25) is 0 Å². The third kappa shape index (κ3) is 4.76. The highest BCUT2D eigenvalue weighted by atomic mass is 32.1. The van der Waals surface area contributed by atoms with Gasteiger partial charge in [0.25, 0.3) is 0 Å². The maximum atomic E-state index is 2.44. The fourth-order valence-corrected chi connectivity index (χ4v) is 9.50. The summed E-state index contributed by atoms with van der Waals surface area (Å²) in [6.45, 7) is 0. The summed E-state index contributed by atoms with van der Waals surface area (Å²) in [6.07, 6.45) is 16.0. The number of thiophene rings is 1. The zero-order valence-electron chi connectivity index (χ0n) is 28.4. The fraction of sp³-hybridized carbons (Fsp3) is 0.0400. The lowest BCUT2D eigenvalue weighted by molar-refractivity contribution is 0.663. The monoisotopic (exact) mass is 679 g/mol. The summed E-state index contributed by atoms with van der Waals surface area (Å²) in [7, 11) is 0. The molecule has 0 spiro atoms. The first-order valence-corrected chi connectivity index (χ1v) is 18.9. The third-order valence-electron chi connectivity index (χ3n) is 11.1. The highest BCUT2D eigenvalue weighted by Gasteiger charge is 2.20. The average molecular weight is 680 g/mol. The van der Waals surface area contributed by atoms with E-state index in [-0.39, 0.29) is 0 Å². The predicted molar refractivity (Wildman–Crippen MR) is 224 cm³/mol. The quantitative estimate of drug-likeness (QED) is 0.174. The van der Waals surface area contributed by atoms with Crippen LogP contribution in [0.15, 0.2) is 188 Å². The van der Waals surface area contributed by atoms with Crippen molar-refractivity contribution in [2.24, 2.45) is 11.8 Å². The van der Waals surface area contributed by atoms with Gasteiger partial charge < -0.3 is 4.57 Å². The van der Waals surface area contributed by atoms with Crippen molar-refractivity contribution >= 4 is 69.7 Å². The zero-order chi connectivity index (χ0) is 34.2. The van der Waals surface area contributed by atoms with E-state index in [9.17, 15) is 0 Å². The Morgan fingerprint density at radius 3 is 1.90 bits per heavy atom. The SMILES string of the molecule is C1=CC2C=CC(c3ccc4c(c3)c3cc(-c5ccc6ccccc6c5)ccc3n4-c3ccc(-c4ccc5sc6ccccc6c5c4)cc3)=CC2C=C1. The van der Waals surface area contributed by atoms with Gasteiger partial charge in [0.05, 0.1) is 11.0 Å². The van der Waals surface area contributed by atoms with Gasteiger partial charge >= 0.3 is 0 Å². The normalized spacial score (nSPS) is 16.7. The molecule has 2 heteroatoms. The Kier molecular flexibility index (Phi) is 6.62. The number of hydrogen-bond donors (Lipinski definition) is 0. The molecule has 0 radical (unpaired) electrons. The Bertz CT molecular complexity index is 3020. The Balaban J connectivity index is 1.05. The van der Waals surface area contributed by atoms with Crippen LogP contribution in [0.5, 0.6) is 0 Å². The maximum absolute atomic E-state index is 2.44. The summed E-state index contributed by atoms with van der Waals surface area (Å²) in [5.41, 5.74) is 11.1. The topological polar surface area (TPSA) is 4.93 Å². The smallest absolute Gasteiger partial charge is 0.0541 e. The Hall–Kier alpha value is -6.22. The van der Waals surface area contributed by atoms with E-state index in [2.05, 4.69) is 193 Å². The van der Waals surface area contributed by atoms with Crippen LogP contribution in [0.4, 0.5) is 0 Å². The van der Waals surface area contributed by atoms with Crippen LogP contribution in [-0.4, -0.2) is 4.57 Å². The van der Waals surface area contributed by atoms with E-state index >= 15 is 0 Å². The van der Waals surface area contributed by atoms with Crippen molar-refractivity contribution in [2.45, 2.75) is 0 Å². The van der Waals surface area contributed by atoms with Crippen molar-refractivity contribution in [3.63, 3.8) is 0 Å². The first-order chi connectivity index (χ1) is 25.7. The number of nitrogens with zero attached hydrogens (tertiary/aromatic N) is 1. The second kappa shape index (κ2) is 11.7. The molecule has 0 bridgehead atoms. The molecule has 244 valence electrons. The van der Waals surface area contributed by atoms with Gasteiger partial charge in [0.1, 0.15) is 0 Å². The standard InChI is InChI=1S/C50H33NS/c1-3-9-35-27-37(15-13-32(35)7-1)40-19-24-47-44(29-40)45-30-41(38-16-14-33-8-2-4-10-36(33)28-38)20-25-48(45)51(47)42-22-17-34(18-23-42)39-21-26-50-46(31-39)43-11-5-6-12-49(43)52-50/h1-32,35H. The van der Waals surface area contributed by atoms with E-state index < -0.39 is 0 Å². The summed E-state index contributed by atoms with van der Waals surface area (Å²) in [6, 6.07) is 54.2. The molecule has 7 aromatic carbocycles. The minimum Gasteiger partial charge on any atom is -0.309 e. The lowest BCUT2D eigenvalue weighted by Crippen LogP contribution is -2.11. The molecule has 2 aliphatic rings. The van der Waals surface area contributed by atoms with E-state index in [1.807, 2.05) is 11.3 Å². The van der Waals surface area contributed by atoms with Crippen molar-refractivity contribution in [3.05, 3.63) is 194 Å². The largest absolute Gasteiger partial charge is 0.309 e. The number of fused-ring (bicyclic) bond motifs is 8. The van der Waals surface area contributed by atoms with Gasteiger partial charge in [0, 0.05) is 48.5 Å². The molecular formula is C50H33NS. The van der Waals surface area contributed by atoms with Crippen LogP contribution < -0.4 is 0 Å². The number of rotatable bonds is 4. The van der Waals surface area contributed by atoms with Crippen LogP contribution in [0.3, 0.4) is 0 Å². The first kappa shape index (κ1) is 29.5. The van der Waals surface area contributed by atoms with E-state index in [0.717, 1.165) is 5.69 Å². The van der Waals surface area contributed by atoms with Gasteiger partial charge in [-0.15, -0.1) is 11.3 Å². The molecule has 9 aromatic rings. The first-order valence-electron chi connectivity index (χ1n) is 18.1. The van der Waals surface area contributed by atoms with Gasteiger partial charge in [-0.2, -0.15) is 0 Å². The molecule has 2 heterocycles. The molecule has 52 heavy (non-hydrogen) atoms. The third-order valence-corrected chi connectivity index (χ3v) is 12.3. The molecule has 0 fully saturated rings. The number of benzene rings is 7. The van der Waals surface area contributed by atoms with Gasteiger partial charge in [-0.3, -0.25) is 0 Å². The molecule has 0 N–H and O–H groups in total. The second-order valence-electron chi connectivity index (χ2n) is 14.1. The van der Waals surface area contributed by atoms with Crippen LogP contribution in [-0.2, 0) is 0 Å². The van der Waals surface area contributed by atoms with E-state index in [4.69, 9.17) is 0 Å². The lowest BCUT2D eigenvalue weighted by Gasteiger charge is -2.23. The molecule has 2 aromatic heterocycles. The summed E-state index contributed by atoms with van der Waals surface area (Å²) < 4.78 is 5.11. The summed E-state index contributed by atoms with van der Waals surface area (Å²) in [4.78, 5) is 0. The van der Waals surface area contributed by atoms with Crippen molar-refractivity contribution in [1.29, 1.82) is 0 Å². The van der Waals surface area contributed by atoms with Crippen LogP contribution in [0.25, 0.3) is 86.3 Å². The molecule has 11 rings (SSSR count). The van der Waals surface area contributed by atoms with E-state index in [0.29, 0.717) is 11.8 Å². The van der Waals surface area contributed by atoms with Gasteiger partial charge in [-0.25, -0.2) is 0 Å². The molecule has 0 amide bonds. The molecule has 0 saturated carbocycles. The molecule has 2 atom stereocenters. The Morgan fingerprint density at radius 2 is 1.04 bits per heavy atom. The Morgan fingerprint density at radius 1 is 0.423 bits per heavy atom. The summed E-state index contributed by atoms with van der Waals surface area (Å²) in [5.74, 6) is 0.845. The van der Waals surface area contributed by atoms with E-state index in [1.54, 1.807) is 0 Å².